The van der Waals surface area contributed by atoms with Crippen LogP contribution in [0.15, 0.2) is 36.7 Å². The molecule has 4 aliphatic rings. The third kappa shape index (κ3) is 5.84. The fourth-order valence-electron chi connectivity index (χ4n) is 6.02. The van der Waals surface area contributed by atoms with Crippen LogP contribution in [-0.4, -0.2) is 71.6 Å². The molecule has 8 nitrogen and oxygen atoms in total. The van der Waals surface area contributed by atoms with E-state index < -0.39 is 0 Å². The summed E-state index contributed by atoms with van der Waals surface area (Å²) in [5.74, 6) is 2.01. The third-order valence-electron chi connectivity index (χ3n) is 8.78. The first-order chi connectivity index (χ1) is 17.8. The van der Waals surface area contributed by atoms with Gasteiger partial charge in [0.1, 0.15) is 18.0 Å². The summed E-state index contributed by atoms with van der Waals surface area (Å²) in [4.78, 5) is 28.9. The molecule has 1 aliphatic carbocycles. The van der Waals surface area contributed by atoms with Gasteiger partial charge in [-0.1, -0.05) is 26.0 Å². The molecule has 0 atom stereocenters. The van der Waals surface area contributed by atoms with Gasteiger partial charge in [0.25, 0.3) is 0 Å². The summed E-state index contributed by atoms with van der Waals surface area (Å²) in [6, 6.07) is 11.6. The molecular formula is C29H41N7O. The monoisotopic (exact) mass is 503 g/mol. The maximum atomic E-state index is 12.8. The maximum absolute atomic E-state index is 12.8. The predicted molar refractivity (Wildman–Crippen MR) is 148 cm³/mol. The molecular weight excluding hydrogens is 462 g/mol. The van der Waals surface area contributed by atoms with Crippen molar-refractivity contribution in [3.63, 3.8) is 0 Å². The summed E-state index contributed by atoms with van der Waals surface area (Å²) < 4.78 is 0. The first-order valence-corrected chi connectivity index (χ1v) is 14.1. The topological polar surface area (TPSA) is 76.6 Å². The van der Waals surface area contributed by atoms with Crippen molar-refractivity contribution < 1.29 is 4.79 Å². The lowest BCUT2D eigenvalue weighted by atomic mass is 9.82. The van der Waals surface area contributed by atoms with Crippen molar-refractivity contribution >= 4 is 23.2 Å². The average Bonchev–Trinajstić information content (AvgIpc) is 3.70. The first-order valence-electron chi connectivity index (χ1n) is 14.1. The van der Waals surface area contributed by atoms with E-state index >= 15 is 0 Å². The minimum atomic E-state index is -0.187. The number of benzene rings is 1. The summed E-state index contributed by atoms with van der Waals surface area (Å²) in [5.41, 5.74) is 2.79. The third-order valence-corrected chi connectivity index (χ3v) is 8.78. The van der Waals surface area contributed by atoms with Gasteiger partial charge in [0.05, 0.1) is 12.1 Å². The van der Waals surface area contributed by atoms with Gasteiger partial charge in [-0.2, -0.15) is 0 Å². The molecule has 4 heterocycles. The van der Waals surface area contributed by atoms with Crippen LogP contribution in [0.5, 0.6) is 0 Å². The normalized spacial score (nSPS) is 23.7. The largest absolute Gasteiger partial charge is 0.367 e. The average molecular weight is 504 g/mol. The van der Waals surface area contributed by atoms with Gasteiger partial charge >= 0.3 is 0 Å². The number of carbonyl (C=O) groups excluding carboxylic acids is 1. The fraction of sp³-hybridized carbons (Fsp3) is 0.621. The minimum absolute atomic E-state index is 0.123. The van der Waals surface area contributed by atoms with Gasteiger partial charge < -0.3 is 20.4 Å². The van der Waals surface area contributed by atoms with Crippen LogP contribution in [0.3, 0.4) is 0 Å². The van der Waals surface area contributed by atoms with Gasteiger partial charge in [0.15, 0.2) is 0 Å². The number of rotatable bonds is 6. The summed E-state index contributed by atoms with van der Waals surface area (Å²) in [6.07, 6.45) is 8.46. The van der Waals surface area contributed by atoms with E-state index in [0.717, 1.165) is 56.3 Å². The Morgan fingerprint density at radius 3 is 2.41 bits per heavy atom. The Hall–Kier alpha value is -2.87. The first kappa shape index (κ1) is 24.5. The van der Waals surface area contributed by atoms with Gasteiger partial charge in [-0.05, 0) is 74.7 Å². The molecule has 0 radical (unpaired) electrons. The van der Waals surface area contributed by atoms with Gasteiger partial charge in [-0.3, -0.25) is 9.69 Å². The standard InChI is InChI=1S/C29H41N7O/c1-28(2)9-13-34(14-10-28)18-22-3-7-24(8-4-22)36-19-27(37)33-29(20-36)11-15-35(16-12-29)26-17-25(30-21-31-26)32-23-5-6-23/h3-4,7-8,17,21,23H,5-6,9-16,18-20H2,1-2H3,(H,33,37)(H,30,31,32). The molecule has 1 amide bonds. The van der Waals surface area contributed by atoms with E-state index in [9.17, 15) is 4.79 Å². The zero-order valence-electron chi connectivity index (χ0n) is 22.4. The van der Waals surface area contributed by atoms with Crippen LogP contribution in [0.4, 0.5) is 17.3 Å². The summed E-state index contributed by atoms with van der Waals surface area (Å²) in [6.45, 7) is 11.1. The van der Waals surface area contributed by atoms with E-state index in [1.165, 1.54) is 44.3 Å². The zero-order chi connectivity index (χ0) is 25.5. The quantitative estimate of drug-likeness (QED) is 0.623. The van der Waals surface area contributed by atoms with Crippen LogP contribution in [0, 0.1) is 5.41 Å². The molecule has 4 fully saturated rings. The number of carbonyl (C=O) groups is 1. The van der Waals surface area contributed by atoms with E-state index in [0.29, 0.717) is 18.0 Å². The molecule has 0 bridgehead atoms. The second-order valence-corrected chi connectivity index (χ2v) is 12.5. The molecule has 2 aromatic rings. The van der Waals surface area contributed by atoms with E-state index in [4.69, 9.17) is 0 Å². The molecule has 0 unspecified atom stereocenters. The SMILES string of the molecule is CC1(C)CCN(Cc2ccc(N3CC(=O)NC4(CCN(c5cc(NC6CC6)ncn5)CC4)C3)cc2)CC1. The molecule has 1 aromatic heterocycles. The van der Waals surface area contributed by atoms with Crippen molar-refractivity contribution in [1.29, 1.82) is 0 Å². The van der Waals surface area contributed by atoms with Crippen molar-refractivity contribution in [3.05, 3.63) is 42.2 Å². The lowest BCUT2D eigenvalue weighted by Crippen LogP contribution is -2.66. The Kier molecular flexibility index (Phi) is 6.47. The number of piperazine rings is 1. The Bertz CT molecular complexity index is 1100. The lowest BCUT2D eigenvalue weighted by Gasteiger charge is -2.48. The number of likely N-dealkylation sites (tertiary alicyclic amines) is 1. The van der Waals surface area contributed by atoms with E-state index in [1.807, 2.05) is 0 Å². The van der Waals surface area contributed by atoms with Gasteiger partial charge in [0.2, 0.25) is 5.91 Å². The van der Waals surface area contributed by atoms with Crippen molar-refractivity contribution in [2.75, 3.05) is 54.4 Å². The highest BCUT2D eigenvalue weighted by Gasteiger charge is 2.41. The van der Waals surface area contributed by atoms with Crippen molar-refractivity contribution in [2.45, 2.75) is 70.5 Å². The van der Waals surface area contributed by atoms with Crippen LogP contribution in [-0.2, 0) is 11.3 Å². The smallest absolute Gasteiger partial charge is 0.240 e. The molecule has 3 saturated heterocycles. The molecule has 3 aliphatic heterocycles. The number of piperidine rings is 2. The van der Waals surface area contributed by atoms with Crippen molar-refractivity contribution in [3.8, 4) is 0 Å². The highest BCUT2D eigenvalue weighted by molar-refractivity contribution is 5.84. The number of aromatic nitrogens is 2. The van der Waals surface area contributed by atoms with E-state index in [-0.39, 0.29) is 11.4 Å². The predicted octanol–water partition coefficient (Wildman–Crippen LogP) is 3.65. The van der Waals surface area contributed by atoms with E-state index in [2.05, 4.69) is 79.5 Å². The Labute approximate surface area is 220 Å². The van der Waals surface area contributed by atoms with Crippen LogP contribution in [0.2, 0.25) is 0 Å². The molecule has 6 rings (SSSR count). The van der Waals surface area contributed by atoms with Crippen LogP contribution < -0.4 is 20.4 Å². The van der Waals surface area contributed by atoms with E-state index in [1.54, 1.807) is 6.33 Å². The number of anilines is 3. The summed E-state index contributed by atoms with van der Waals surface area (Å²) in [5, 5.41) is 6.83. The number of amides is 1. The van der Waals surface area contributed by atoms with Gasteiger partial charge in [-0.15, -0.1) is 0 Å². The molecule has 198 valence electrons. The van der Waals surface area contributed by atoms with Gasteiger partial charge in [0, 0.05) is 44.0 Å². The summed E-state index contributed by atoms with van der Waals surface area (Å²) in [7, 11) is 0. The van der Waals surface area contributed by atoms with Crippen molar-refractivity contribution in [2.24, 2.45) is 5.41 Å². The Morgan fingerprint density at radius 2 is 1.70 bits per heavy atom. The Morgan fingerprint density at radius 1 is 0.973 bits per heavy atom. The maximum Gasteiger partial charge on any atom is 0.240 e. The summed E-state index contributed by atoms with van der Waals surface area (Å²) >= 11 is 0. The molecule has 37 heavy (non-hydrogen) atoms. The second kappa shape index (κ2) is 9.78. The second-order valence-electron chi connectivity index (χ2n) is 12.5. The number of nitrogens with zero attached hydrogens (tertiary/aromatic N) is 5. The molecule has 1 spiro atoms. The highest BCUT2D eigenvalue weighted by Crippen LogP contribution is 2.33. The lowest BCUT2D eigenvalue weighted by molar-refractivity contribution is -0.123. The van der Waals surface area contributed by atoms with Crippen molar-refractivity contribution in [1.82, 2.24) is 20.2 Å². The highest BCUT2D eigenvalue weighted by atomic mass is 16.2. The van der Waals surface area contributed by atoms with Crippen LogP contribution >= 0.6 is 0 Å². The zero-order valence-corrected chi connectivity index (χ0v) is 22.4. The van der Waals surface area contributed by atoms with Crippen LogP contribution in [0.25, 0.3) is 0 Å². The molecule has 8 heteroatoms. The molecule has 1 aromatic carbocycles. The van der Waals surface area contributed by atoms with Gasteiger partial charge in [-0.25, -0.2) is 9.97 Å². The number of hydrogen-bond donors (Lipinski definition) is 2. The van der Waals surface area contributed by atoms with Crippen LogP contribution in [0.1, 0.15) is 57.9 Å². The minimum Gasteiger partial charge on any atom is -0.367 e. The molecule has 2 N–H and O–H groups in total. The number of nitrogens with one attached hydrogen (secondary N) is 2. The Balaban J connectivity index is 1.06. The molecule has 1 saturated carbocycles. The fourth-order valence-corrected chi connectivity index (χ4v) is 6.02. The number of hydrogen-bond acceptors (Lipinski definition) is 7.